The van der Waals surface area contributed by atoms with Crippen molar-refractivity contribution in [3.05, 3.63) is 41.0 Å². The molecule has 24 heavy (non-hydrogen) atoms. The van der Waals surface area contributed by atoms with Crippen LogP contribution in [0.4, 0.5) is 0 Å². The Bertz CT molecular complexity index is 625. The Hall–Kier alpha value is -0.509. The molecule has 0 bridgehead atoms. The molecular formula is C20H31NOSiTi. The van der Waals surface area contributed by atoms with Crippen molar-refractivity contribution in [2.75, 3.05) is 7.05 Å². The number of fused-ring (bicyclic) bond motifs is 1. The monoisotopic (exact) mass is 377 g/mol. The van der Waals surface area contributed by atoms with Crippen molar-refractivity contribution in [3.63, 3.8) is 0 Å². The third kappa shape index (κ3) is 5.24. The summed E-state index contributed by atoms with van der Waals surface area (Å²) in [5.41, 5.74) is 4.30. The zero-order chi connectivity index (χ0) is 17.4. The first-order valence-electron chi connectivity index (χ1n) is 8.55. The van der Waals surface area contributed by atoms with E-state index in [4.69, 9.17) is 0 Å². The number of hydrogen-bond acceptors (Lipinski definition) is 1. The van der Waals surface area contributed by atoms with Crippen molar-refractivity contribution < 1.29 is 26.2 Å². The van der Waals surface area contributed by atoms with Gasteiger partial charge in [-0.15, -0.1) is 0 Å². The van der Waals surface area contributed by atoms with Gasteiger partial charge in [0.15, 0.2) is 0 Å². The van der Waals surface area contributed by atoms with Crippen LogP contribution < -0.4 is 0 Å². The summed E-state index contributed by atoms with van der Waals surface area (Å²) < 4.78 is 15.0. The SMILES string of the molecule is CN([Si](=O)CC1C(CC(C)(C)C)=Cc2ccccc21)C(C)(C)C.[Ti]. The van der Waals surface area contributed by atoms with E-state index in [1.807, 2.05) is 7.05 Å². The molecule has 0 N–H and O–H groups in total. The molecule has 0 saturated carbocycles. The molecule has 0 spiro atoms. The first-order chi connectivity index (χ1) is 10.5. The summed E-state index contributed by atoms with van der Waals surface area (Å²) in [4.78, 5) is 0. The van der Waals surface area contributed by atoms with Crippen LogP contribution in [0, 0.1) is 5.41 Å². The maximum atomic E-state index is 13.0. The molecule has 1 unspecified atom stereocenters. The molecule has 0 heterocycles. The molecule has 0 aromatic heterocycles. The van der Waals surface area contributed by atoms with Gasteiger partial charge in [-0.05, 0) is 43.7 Å². The van der Waals surface area contributed by atoms with Gasteiger partial charge in [0.1, 0.15) is 0 Å². The molecule has 130 valence electrons. The molecule has 2 nitrogen and oxygen atoms in total. The second kappa shape index (κ2) is 7.80. The summed E-state index contributed by atoms with van der Waals surface area (Å²) in [5.74, 6) is 0.307. The van der Waals surface area contributed by atoms with Gasteiger partial charge < -0.3 is 9.03 Å². The van der Waals surface area contributed by atoms with E-state index in [0.717, 1.165) is 12.5 Å². The largest absolute Gasteiger partial charge is 0.395 e. The van der Waals surface area contributed by atoms with Crippen LogP contribution in [0.1, 0.15) is 65.0 Å². The standard InChI is InChI=1S/C20H31NOSi.Ti/c1-19(2,3)13-16-12-15-10-8-9-11-17(15)18(16)14-23(22)21(7)20(4,5)6;/h8-12,18H,13-14H2,1-7H3;. The van der Waals surface area contributed by atoms with Crippen LogP contribution in [0.5, 0.6) is 0 Å². The van der Waals surface area contributed by atoms with Crippen LogP contribution >= 0.6 is 0 Å². The number of allylic oxidation sites excluding steroid dienone is 1. The van der Waals surface area contributed by atoms with E-state index in [2.05, 4.69) is 76.4 Å². The predicted molar refractivity (Wildman–Crippen MR) is 100.0 cm³/mol. The summed E-state index contributed by atoms with van der Waals surface area (Å²) in [5, 5.41) is 0. The average molecular weight is 377 g/mol. The van der Waals surface area contributed by atoms with E-state index in [-0.39, 0.29) is 32.7 Å². The van der Waals surface area contributed by atoms with Gasteiger partial charge in [-0.1, -0.05) is 56.7 Å². The van der Waals surface area contributed by atoms with Crippen molar-refractivity contribution in [3.8, 4) is 0 Å². The Balaban J connectivity index is 0.00000288. The summed E-state index contributed by atoms with van der Waals surface area (Å²) in [6, 6.07) is 9.33. The number of nitrogens with zero attached hydrogens (tertiary/aromatic N) is 1. The number of rotatable bonds is 4. The van der Waals surface area contributed by atoms with Crippen LogP contribution in [0.25, 0.3) is 6.08 Å². The zero-order valence-corrected chi connectivity index (χ0v) is 18.8. The van der Waals surface area contributed by atoms with E-state index in [9.17, 15) is 4.46 Å². The number of hydrogen-bond donors (Lipinski definition) is 0. The van der Waals surface area contributed by atoms with Crippen LogP contribution in [0.2, 0.25) is 6.04 Å². The van der Waals surface area contributed by atoms with Crippen molar-refractivity contribution in [1.82, 2.24) is 4.57 Å². The van der Waals surface area contributed by atoms with Gasteiger partial charge in [0, 0.05) is 46.3 Å². The fourth-order valence-corrected chi connectivity index (χ4v) is 5.03. The molecule has 1 aliphatic carbocycles. The summed E-state index contributed by atoms with van der Waals surface area (Å²) in [7, 11) is 0.201. The Kier molecular flexibility index (Phi) is 7.00. The van der Waals surface area contributed by atoms with E-state index in [0.29, 0.717) is 5.92 Å². The van der Waals surface area contributed by atoms with Gasteiger partial charge >= 0.3 is 8.84 Å². The van der Waals surface area contributed by atoms with Crippen molar-refractivity contribution >= 4 is 14.9 Å². The molecule has 4 heteroatoms. The van der Waals surface area contributed by atoms with Crippen molar-refractivity contribution in [1.29, 1.82) is 0 Å². The molecule has 1 atom stereocenters. The molecule has 0 amide bonds. The zero-order valence-electron chi connectivity index (χ0n) is 16.2. The first-order valence-corrected chi connectivity index (χ1v) is 10.1. The van der Waals surface area contributed by atoms with Gasteiger partial charge in [0.25, 0.3) is 0 Å². The maximum Gasteiger partial charge on any atom is 0.395 e. The smallest absolute Gasteiger partial charge is 0.375 e. The minimum Gasteiger partial charge on any atom is -0.375 e. The minimum atomic E-state index is -1.79. The Morgan fingerprint density at radius 1 is 1.08 bits per heavy atom. The van der Waals surface area contributed by atoms with Crippen molar-refractivity contribution in [2.45, 2.75) is 65.5 Å². The molecule has 0 aliphatic heterocycles. The first kappa shape index (κ1) is 21.5. The molecule has 1 aliphatic rings. The third-order valence-electron chi connectivity index (χ3n) is 4.65. The second-order valence-electron chi connectivity index (χ2n) is 8.97. The third-order valence-corrected chi connectivity index (χ3v) is 6.83. The van der Waals surface area contributed by atoms with Crippen LogP contribution in [-0.2, 0) is 26.2 Å². The number of benzene rings is 1. The van der Waals surface area contributed by atoms with E-state index in [1.54, 1.807) is 0 Å². The normalized spacial score (nSPS) is 17.0. The van der Waals surface area contributed by atoms with Gasteiger partial charge in [-0.3, -0.25) is 0 Å². The summed E-state index contributed by atoms with van der Waals surface area (Å²) in [6.45, 7) is 13.2. The topological polar surface area (TPSA) is 20.3 Å². The molecule has 1 aromatic rings. The van der Waals surface area contributed by atoms with Crippen LogP contribution in [0.3, 0.4) is 0 Å². The fraction of sp³-hybridized carbons (Fsp3) is 0.600. The van der Waals surface area contributed by atoms with E-state index >= 15 is 0 Å². The molecule has 0 saturated heterocycles. The van der Waals surface area contributed by atoms with Gasteiger partial charge in [-0.2, -0.15) is 0 Å². The fourth-order valence-electron chi connectivity index (χ4n) is 3.17. The van der Waals surface area contributed by atoms with Crippen molar-refractivity contribution in [2.24, 2.45) is 5.41 Å². The van der Waals surface area contributed by atoms with E-state index < -0.39 is 8.84 Å². The van der Waals surface area contributed by atoms with E-state index in [1.165, 1.54) is 16.7 Å². The van der Waals surface area contributed by atoms with Crippen LogP contribution in [0.15, 0.2) is 29.8 Å². The molecule has 2 rings (SSSR count). The van der Waals surface area contributed by atoms with Crippen LogP contribution in [-0.4, -0.2) is 26.0 Å². The predicted octanol–water partition coefficient (Wildman–Crippen LogP) is 5.25. The maximum absolute atomic E-state index is 13.0. The molecule has 0 radical (unpaired) electrons. The minimum absolute atomic E-state index is 0. The van der Waals surface area contributed by atoms with Gasteiger partial charge in [0.2, 0.25) is 0 Å². The Morgan fingerprint density at radius 3 is 2.21 bits per heavy atom. The van der Waals surface area contributed by atoms with Gasteiger partial charge in [0.05, 0.1) is 0 Å². The summed E-state index contributed by atoms with van der Waals surface area (Å²) in [6.07, 6.45) is 3.39. The average Bonchev–Trinajstić information content (AvgIpc) is 2.72. The Labute approximate surface area is 164 Å². The second-order valence-corrected chi connectivity index (χ2v) is 10.8. The molecular weight excluding hydrogens is 346 g/mol. The summed E-state index contributed by atoms with van der Waals surface area (Å²) >= 11 is 0. The molecule has 0 fully saturated rings. The van der Waals surface area contributed by atoms with Gasteiger partial charge in [-0.25, -0.2) is 0 Å². The Morgan fingerprint density at radius 2 is 1.67 bits per heavy atom. The quantitative estimate of drug-likeness (QED) is 0.668. The molecule has 1 aromatic carbocycles.